The predicted octanol–water partition coefficient (Wildman–Crippen LogP) is 3.34. The normalized spacial score (nSPS) is 24.8. The Morgan fingerprint density at radius 3 is 2.56 bits per heavy atom. The quantitative estimate of drug-likeness (QED) is 0.719. The molecule has 0 aromatic heterocycles. The highest BCUT2D eigenvalue weighted by atomic mass is 19.1. The van der Waals surface area contributed by atoms with Gasteiger partial charge in [-0.15, -0.1) is 0 Å². The van der Waals surface area contributed by atoms with Crippen molar-refractivity contribution in [3.05, 3.63) is 71.0 Å². The molecular formula is C26H31FN2O5. The Hall–Kier alpha value is -2.97. The number of nitrogens with one attached hydrogen (secondary N) is 1. The maximum Gasteiger partial charge on any atom is 0.407 e. The highest BCUT2D eigenvalue weighted by Gasteiger charge is 2.40. The number of hydrogen-bond acceptors (Lipinski definition) is 5. The van der Waals surface area contributed by atoms with E-state index in [0.717, 1.165) is 16.7 Å². The molecule has 2 aliphatic heterocycles. The van der Waals surface area contributed by atoms with Crippen LogP contribution in [0.15, 0.2) is 48.5 Å². The zero-order chi connectivity index (χ0) is 24.5. The fourth-order valence-electron chi connectivity index (χ4n) is 4.57. The lowest BCUT2D eigenvalue weighted by Gasteiger charge is -2.41. The molecule has 2 heterocycles. The fourth-order valence-corrected chi connectivity index (χ4v) is 4.57. The van der Waals surface area contributed by atoms with Gasteiger partial charge in [0.2, 0.25) is 0 Å². The summed E-state index contributed by atoms with van der Waals surface area (Å²) in [7, 11) is 0. The summed E-state index contributed by atoms with van der Waals surface area (Å²) in [5.74, 6) is -0.571. The van der Waals surface area contributed by atoms with Gasteiger partial charge in [-0.2, -0.15) is 0 Å². The van der Waals surface area contributed by atoms with Crippen LogP contribution in [-0.4, -0.2) is 59.0 Å². The number of halogens is 1. The van der Waals surface area contributed by atoms with Crippen LogP contribution in [0.25, 0.3) is 0 Å². The zero-order valence-corrected chi connectivity index (χ0v) is 19.7. The van der Waals surface area contributed by atoms with Crippen LogP contribution in [0.2, 0.25) is 0 Å². The van der Waals surface area contributed by atoms with Crippen molar-refractivity contribution in [3.63, 3.8) is 0 Å². The highest BCUT2D eigenvalue weighted by molar-refractivity contribution is 5.82. The standard InChI is InChI=1S/C26H31FN2O5/c1-26(2,3)34-25(32)28-20-14-22(33-15-21(20)30)24(31)29-13-12-16-6-4-5-7-19(16)23(29)17-8-10-18(27)11-9-17/h4-11,20-23,30H,12-15H2,1-3H3,(H,28,32)/t20-,21-,22-,23+/m1/s1. The number of aliphatic hydroxyl groups excluding tert-OH is 1. The van der Waals surface area contributed by atoms with E-state index in [2.05, 4.69) is 5.32 Å². The summed E-state index contributed by atoms with van der Waals surface area (Å²) in [5, 5.41) is 13.0. The first-order valence-electron chi connectivity index (χ1n) is 11.6. The van der Waals surface area contributed by atoms with E-state index < -0.39 is 29.9 Å². The first-order valence-corrected chi connectivity index (χ1v) is 11.6. The Bertz CT molecular complexity index is 1040. The Kier molecular flexibility index (Phi) is 6.91. The average Bonchev–Trinajstić information content (AvgIpc) is 2.79. The molecule has 34 heavy (non-hydrogen) atoms. The predicted molar refractivity (Wildman–Crippen MR) is 124 cm³/mol. The Labute approximate surface area is 198 Å². The van der Waals surface area contributed by atoms with Gasteiger partial charge in [0, 0.05) is 13.0 Å². The van der Waals surface area contributed by atoms with E-state index in [4.69, 9.17) is 9.47 Å². The SMILES string of the molecule is CC(C)(C)OC(=O)N[C@@H]1C[C@H](C(=O)N2CCc3ccccc3[C@@H]2c2ccc(F)cc2)OC[C@H]1O. The zero-order valence-electron chi connectivity index (χ0n) is 19.7. The summed E-state index contributed by atoms with van der Waals surface area (Å²) in [4.78, 5) is 27.7. The van der Waals surface area contributed by atoms with Gasteiger partial charge in [-0.3, -0.25) is 4.79 Å². The Morgan fingerprint density at radius 1 is 1.15 bits per heavy atom. The molecule has 7 nitrogen and oxygen atoms in total. The summed E-state index contributed by atoms with van der Waals surface area (Å²) in [6.07, 6.45) is -1.63. The molecule has 0 unspecified atom stereocenters. The van der Waals surface area contributed by atoms with Crippen LogP contribution in [-0.2, 0) is 20.7 Å². The summed E-state index contributed by atoms with van der Waals surface area (Å²) in [5.41, 5.74) is 2.26. The molecule has 2 amide bonds. The van der Waals surface area contributed by atoms with Crippen molar-refractivity contribution in [2.45, 2.75) is 63.5 Å². The lowest BCUT2D eigenvalue weighted by atomic mass is 9.87. The number of alkyl carbamates (subject to hydrolysis) is 1. The Balaban J connectivity index is 1.55. The molecule has 4 atom stereocenters. The van der Waals surface area contributed by atoms with E-state index in [9.17, 15) is 19.1 Å². The molecule has 1 fully saturated rings. The number of carbonyl (C=O) groups excluding carboxylic acids is 2. The lowest BCUT2D eigenvalue weighted by molar-refractivity contribution is -0.155. The minimum absolute atomic E-state index is 0.0808. The van der Waals surface area contributed by atoms with E-state index in [1.807, 2.05) is 24.3 Å². The molecule has 2 N–H and O–H groups in total. The number of aliphatic hydroxyl groups is 1. The van der Waals surface area contributed by atoms with Crippen molar-refractivity contribution >= 4 is 12.0 Å². The number of rotatable bonds is 3. The summed E-state index contributed by atoms with van der Waals surface area (Å²) >= 11 is 0. The minimum Gasteiger partial charge on any atom is -0.444 e. The van der Waals surface area contributed by atoms with Crippen LogP contribution in [0.5, 0.6) is 0 Å². The van der Waals surface area contributed by atoms with Crippen LogP contribution in [0.3, 0.4) is 0 Å². The highest BCUT2D eigenvalue weighted by Crippen LogP contribution is 2.36. The second-order valence-electron chi connectivity index (χ2n) is 9.81. The Morgan fingerprint density at radius 2 is 1.85 bits per heavy atom. The number of ether oxygens (including phenoxy) is 2. The molecule has 0 aliphatic carbocycles. The van der Waals surface area contributed by atoms with Gasteiger partial charge >= 0.3 is 6.09 Å². The maximum absolute atomic E-state index is 13.7. The van der Waals surface area contributed by atoms with Crippen molar-refractivity contribution in [1.29, 1.82) is 0 Å². The van der Waals surface area contributed by atoms with Crippen molar-refractivity contribution in [2.75, 3.05) is 13.2 Å². The van der Waals surface area contributed by atoms with E-state index in [1.54, 1.807) is 37.8 Å². The first-order chi connectivity index (χ1) is 16.1. The van der Waals surface area contributed by atoms with Gasteiger partial charge in [0.1, 0.15) is 17.5 Å². The topological polar surface area (TPSA) is 88.1 Å². The number of hydrogen-bond donors (Lipinski definition) is 2. The third-order valence-electron chi connectivity index (χ3n) is 6.13. The fraction of sp³-hybridized carbons (Fsp3) is 0.462. The molecule has 8 heteroatoms. The van der Waals surface area contributed by atoms with Crippen LogP contribution in [0, 0.1) is 5.82 Å². The molecule has 4 rings (SSSR count). The van der Waals surface area contributed by atoms with Crippen LogP contribution in [0.1, 0.15) is 49.9 Å². The van der Waals surface area contributed by atoms with Crippen LogP contribution < -0.4 is 5.32 Å². The molecule has 182 valence electrons. The largest absolute Gasteiger partial charge is 0.444 e. The van der Waals surface area contributed by atoms with Crippen molar-refractivity contribution in [3.8, 4) is 0 Å². The second-order valence-corrected chi connectivity index (χ2v) is 9.81. The van der Waals surface area contributed by atoms with Crippen LogP contribution >= 0.6 is 0 Å². The first kappa shape index (κ1) is 24.2. The average molecular weight is 471 g/mol. The number of fused-ring (bicyclic) bond motifs is 1. The smallest absolute Gasteiger partial charge is 0.407 e. The van der Waals surface area contributed by atoms with E-state index >= 15 is 0 Å². The second kappa shape index (κ2) is 9.72. The van der Waals surface area contributed by atoms with Gasteiger partial charge in [0.15, 0.2) is 0 Å². The van der Waals surface area contributed by atoms with Crippen molar-refractivity contribution in [1.82, 2.24) is 10.2 Å². The monoisotopic (exact) mass is 470 g/mol. The van der Waals surface area contributed by atoms with Gasteiger partial charge in [0.05, 0.1) is 24.8 Å². The molecule has 0 radical (unpaired) electrons. The molecule has 0 saturated carbocycles. The molecule has 2 aromatic rings. The molecule has 0 spiro atoms. The minimum atomic E-state index is -0.952. The third kappa shape index (κ3) is 5.39. The molecule has 1 saturated heterocycles. The van der Waals surface area contributed by atoms with E-state index in [-0.39, 0.29) is 30.8 Å². The van der Waals surface area contributed by atoms with Gasteiger partial charge in [-0.1, -0.05) is 36.4 Å². The molecule has 2 aliphatic rings. The van der Waals surface area contributed by atoms with Gasteiger partial charge < -0.3 is 24.8 Å². The summed E-state index contributed by atoms with van der Waals surface area (Å²) in [6.45, 7) is 5.66. The van der Waals surface area contributed by atoms with Crippen molar-refractivity contribution < 1.29 is 28.6 Å². The van der Waals surface area contributed by atoms with Crippen molar-refractivity contribution in [2.24, 2.45) is 0 Å². The summed E-state index contributed by atoms with van der Waals surface area (Å²) < 4.78 is 24.6. The molecule has 0 bridgehead atoms. The van der Waals surface area contributed by atoms with Gasteiger partial charge in [0.25, 0.3) is 5.91 Å². The number of nitrogens with zero attached hydrogens (tertiary/aromatic N) is 1. The third-order valence-corrected chi connectivity index (χ3v) is 6.13. The van der Waals surface area contributed by atoms with Gasteiger partial charge in [-0.25, -0.2) is 9.18 Å². The van der Waals surface area contributed by atoms with Crippen LogP contribution in [0.4, 0.5) is 9.18 Å². The number of carbonyl (C=O) groups is 2. The molecule has 2 aromatic carbocycles. The number of benzene rings is 2. The number of amides is 2. The van der Waals surface area contributed by atoms with E-state index in [0.29, 0.717) is 13.0 Å². The van der Waals surface area contributed by atoms with Gasteiger partial charge in [-0.05, 0) is 56.0 Å². The summed E-state index contributed by atoms with van der Waals surface area (Å²) in [6, 6.07) is 13.0. The lowest BCUT2D eigenvalue weighted by Crippen LogP contribution is -2.56. The van der Waals surface area contributed by atoms with E-state index in [1.165, 1.54) is 12.1 Å². The maximum atomic E-state index is 13.7. The molecular weight excluding hydrogens is 439 g/mol.